The van der Waals surface area contributed by atoms with Gasteiger partial charge in [0.2, 0.25) is 0 Å². The number of cyclic esters (lactones) is 1. The molecule has 1 heterocycles. The van der Waals surface area contributed by atoms with Crippen molar-refractivity contribution in [2.45, 2.75) is 52.2 Å². The molecular weight excluding hydrogens is 342 g/mol. The molecule has 0 radical (unpaired) electrons. The van der Waals surface area contributed by atoms with Crippen LogP contribution in [0, 0.1) is 12.8 Å². The summed E-state index contributed by atoms with van der Waals surface area (Å²) in [5, 5.41) is 0. The molecular formula is C22H29NO4. The maximum Gasteiger partial charge on any atom is 0.413 e. The first-order chi connectivity index (χ1) is 12.6. The van der Waals surface area contributed by atoms with Crippen LogP contribution in [-0.2, 0) is 14.3 Å². The number of ether oxygens (including phenoxy) is 2. The first kappa shape index (κ1) is 20.7. The Hall–Kier alpha value is -2.56. The Labute approximate surface area is 161 Å². The fourth-order valence-electron chi connectivity index (χ4n) is 3.07. The van der Waals surface area contributed by atoms with Gasteiger partial charge < -0.3 is 9.47 Å². The van der Waals surface area contributed by atoms with Crippen LogP contribution >= 0.6 is 0 Å². The molecule has 27 heavy (non-hydrogen) atoms. The lowest BCUT2D eigenvalue weighted by atomic mass is 9.86. The van der Waals surface area contributed by atoms with Crippen molar-refractivity contribution in [1.82, 2.24) is 4.90 Å². The molecule has 146 valence electrons. The summed E-state index contributed by atoms with van der Waals surface area (Å²) < 4.78 is 10.8. The highest BCUT2D eigenvalue weighted by Gasteiger charge is 2.42. The van der Waals surface area contributed by atoms with E-state index in [1.54, 1.807) is 26.8 Å². The average molecular weight is 371 g/mol. The number of aryl methyl sites for hydroxylation is 1. The van der Waals surface area contributed by atoms with Crippen LogP contribution < -0.4 is 0 Å². The molecule has 0 aromatic heterocycles. The van der Waals surface area contributed by atoms with E-state index in [-0.39, 0.29) is 18.7 Å². The SMILES string of the molecule is C=CC[C@H]1[C@H](CC(=C)c2ccc(C)cc2)C(=O)OCN1C(=O)OC(C)(C)C. The highest BCUT2D eigenvalue weighted by Crippen LogP contribution is 2.32. The van der Waals surface area contributed by atoms with E-state index in [2.05, 4.69) is 13.2 Å². The van der Waals surface area contributed by atoms with Crippen molar-refractivity contribution in [3.05, 3.63) is 54.6 Å². The molecule has 2 atom stereocenters. The van der Waals surface area contributed by atoms with Gasteiger partial charge >= 0.3 is 12.1 Å². The predicted molar refractivity (Wildman–Crippen MR) is 106 cm³/mol. The number of carbonyl (C=O) groups is 2. The zero-order valence-corrected chi connectivity index (χ0v) is 16.7. The van der Waals surface area contributed by atoms with Gasteiger partial charge in [0.25, 0.3) is 0 Å². The van der Waals surface area contributed by atoms with Gasteiger partial charge in [-0.2, -0.15) is 0 Å². The van der Waals surface area contributed by atoms with Crippen molar-refractivity contribution in [1.29, 1.82) is 0 Å². The molecule has 1 aliphatic rings. The Balaban J connectivity index is 2.21. The van der Waals surface area contributed by atoms with Crippen LogP contribution in [0.3, 0.4) is 0 Å². The van der Waals surface area contributed by atoms with Crippen molar-refractivity contribution in [3.63, 3.8) is 0 Å². The second-order valence-electron chi connectivity index (χ2n) is 7.91. The highest BCUT2D eigenvalue weighted by atomic mass is 16.6. The molecule has 5 heteroatoms. The lowest BCUT2D eigenvalue weighted by Gasteiger charge is -2.40. The molecule has 1 aromatic carbocycles. The maximum absolute atomic E-state index is 12.6. The summed E-state index contributed by atoms with van der Waals surface area (Å²) in [7, 11) is 0. The Morgan fingerprint density at radius 2 is 1.96 bits per heavy atom. The first-order valence-electron chi connectivity index (χ1n) is 9.14. The summed E-state index contributed by atoms with van der Waals surface area (Å²) in [6, 6.07) is 7.61. The molecule has 0 bridgehead atoms. The molecule has 0 unspecified atom stereocenters. The molecule has 1 saturated heterocycles. The van der Waals surface area contributed by atoms with Gasteiger partial charge in [-0.3, -0.25) is 9.69 Å². The van der Waals surface area contributed by atoms with Gasteiger partial charge in [-0.05, 0) is 51.7 Å². The second kappa shape index (κ2) is 8.42. The molecule has 2 rings (SSSR count). The van der Waals surface area contributed by atoms with E-state index in [0.29, 0.717) is 12.8 Å². The molecule has 0 saturated carbocycles. The van der Waals surface area contributed by atoms with Crippen LogP contribution in [0.1, 0.15) is 44.7 Å². The van der Waals surface area contributed by atoms with Crippen LogP contribution in [0.5, 0.6) is 0 Å². The third-order valence-corrected chi connectivity index (χ3v) is 4.48. The van der Waals surface area contributed by atoms with Gasteiger partial charge in [-0.25, -0.2) is 4.79 Å². The number of hydrogen-bond donors (Lipinski definition) is 0. The molecule has 1 fully saturated rings. The van der Waals surface area contributed by atoms with Crippen molar-refractivity contribution in [3.8, 4) is 0 Å². The topological polar surface area (TPSA) is 55.8 Å². The zero-order chi connectivity index (χ0) is 20.2. The van der Waals surface area contributed by atoms with Crippen molar-refractivity contribution >= 4 is 17.6 Å². The van der Waals surface area contributed by atoms with Gasteiger partial charge in [0.05, 0.1) is 12.0 Å². The lowest BCUT2D eigenvalue weighted by molar-refractivity contribution is -0.166. The van der Waals surface area contributed by atoms with Crippen LogP contribution in [0.15, 0.2) is 43.5 Å². The largest absolute Gasteiger partial charge is 0.444 e. The average Bonchev–Trinajstić information content (AvgIpc) is 2.57. The van der Waals surface area contributed by atoms with Gasteiger partial charge in [0, 0.05) is 0 Å². The summed E-state index contributed by atoms with van der Waals surface area (Å²) in [6.45, 7) is 15.2. The van der Waals surface area contributed by atoms with Gasteiger partial charge in [-0.1, -0.05) is 42.5 Å². The molecule has 0 aliphatic carbocycles. The molecule has 0 spiro atoms. The molecule has 1 aromatic rings. The number of carbonyl (C=O) groups excluding carboxylic acids is 2. The lowest BCUT2D eigenvalue weighted by Crippen LogP contribution is -2.54. The summed E-state index contributed by atoms with van der Waals surface area (Å²) in [5.74, 6) is -0.840. The van der Waals surface area contributed by atoms with Crippen molar-refractivity contribution in [2.24, 2.45) is 5.92 Å². The summed E-state index contributed by atoms with van der Waals surface area (Å²) in [4.78, 5) is 26.6. The number of benzene rings is 1. The zero-order valence-electron chi connectivity index (χ0n) is 16.7. The number of amides is 1. The van der Waals surface area contributed by atoms with Gasteiger partial charge in [0.15, 0.2) is 6.73 Å². The number of rotatable bonds is 5. The first-order valence-corrected chi connectivity index (χ1v) is 9.14. The normalized spacial score (nSPS) is 20.0. The second-order valence-corrected chi connectivity index (χ2v) is 7.91. The van der Waals surface area contributed by atoms with Gasteiger partial charge in [0.1, 0.15) is 5.60 Å². The van der Waals surface area contributed by atoms with E-state index in [9.17, 15) is 9.59 Å². The third-order valence-electron chi connectivity index (χ3n) is 4.48. The van der Waals surface area contributed by atoms with E-state index in [1.165, 1.54) is 4.90 Å². The fraction of sp³-hybridized carbons (Fsp3) is 0.455. The highest BCUT2D eigenvalue weighted by molar-refractivity contribution is 5.80. The number of nitrogens with zero attached hydrogens (tertiary/aromatic N) is 1. The van der Waals surface area contributed by atoms with Crippen LogP contribution in [0.25, 0.3) is 5.57 Å². The fourth-order valence-corrected chi connectivity index (χ4v) is 3.07. The van der Waals surface area contributed by atoms with Crippen molar-refractivity contribution < 1.29 is 19.1 Å². The number of hydrogen-bond acceptors (Lipinski definition) is 4. The monoisotopic (exact) mass is 371 g/mol. The van der Waals surface area contributed by atoms with E-state index in [1.807, 2.05) is 31.2 Å². The molecule has 1 amide bonds. The molecule has 5 nitrogen and oxygen atoms in total. The van der Waals surface area contributed by atoms with E-state index < -0.39 is 17.6 Å². The minimum atomic E-state index is -0.627. The molecule has 0 N–H and O–H groups in total. The van der Waals surface area contributed by atoms with E-state index >= 15 is 0 Å². The summed E-state index contributed by atoms with van der Waals surface area (Å²) in [6.07, 6.45) is 2.09. The third kappa shape index (κ3) is 5.46. The Kier molecular flexibility index (Phi) is 6.47. The minimum absolute atomic E-state index is 0.111. The van der Waals surface area contributed by atoms with Crippen molar-refractivity contribution in [2.75, 3.05) is 6.73 Å². The quantitative estimate of drug-likeness (QED) is 0.555. The standard InChI is InChI=1S/C22H29NO4/c1-7-8-19-18(13-16(3)17-11-9-15(2)10-12-17)20(24)26-14-23(19)21(25)27-22(4,5)6/h7,9-12,18-19H,1,3,8,13-14H2,2,4-6H3/t18-,19-/m0/s1. The Bertz CT molecular complexity index is 715. The number of esters is 1. The summed E-state index contributed by atoms with van der Waals surface area (Å²) in [5.41, 5.74) is 2.33. The summed E-state index contributed by atoms with van der Waals surface area (Å²) >= 11 is 0. The Morgan fingerprint density at radius 1 is 1.33 bits per heavy atom. The number of allylic oxidation sites excluding steroid dienone is 1. The predicted octanol–water partition coefficient (Wildman–Crippen LogP) is 4.71. The van der Waals surface area contributed by atoms with E-state index in [4.69, 9.17) is 9.47 Å². The van der Waals surface area contributed by atoms with Crippen LogP contribution in [0.2, 0.25) is 0 Å². The maximum atomic E-state index is 12.6. The van der Waals surface area contributed by atoms with Gasteiger partial charge in [-0.15, -0.1) is 6.58 Å². The molecule has 1 aliphatic heterocycles. The van der Waals surface area contributed by atoms with Crippen LogP contribution in [0.4, 0.5) is 4.79 Å². The minimum Gasteiger partial charge on any atom is -0.444 e. The van der Waals surface area contributed by atoms with Crippen LogP contribution in [-0.4, -0.2) is 35.3 Å². The van der Waals surface area contributed by atoms with E-state index in [0.717, 1.165) is 16.7 Å². The Morgan fingerprint density at radius 3 is 2.52 bits per heavy atom. The smallest absolute Gasteiger partial charge is 0.413 e.